The minimum atomic E-state index is -0.594. The van der Waals surface area contributed by atoms with E-state index in [0.29, 0.717) is 5.56 Å². The zero-order valence-corrected chi connectivity index (χ0v) is 8.31. The summed E-state index contributed by atoms with van der Waals surface area (Å²) in [4.78, 5) is 21.2. The molecule has 2 N–H and O–H groups in total. The lowest BCUT2D eigenvalue weighted by Crippen LogP contribution is -2.07. The Morgan fingerprint density at radius 3 is 2.60 bits per heavy atom. The van der Waals surface area contributed by atoms with Gasteiger partial charge in [0.15, 0.2) is 0 Å². The highest BCUT2D eigenvalue weighted by Gasteiger charge is 2.19. The Balaban J connectivity index is 3.33. The normalized spacial score (nSPS) is 9.73. The Bertz CT molecular complexity index is 428. The van der Waals surface area contributed by atoms with Gasteiger partial charge in [-0.2, -0.15) is 0 Å². The molecule has 0 aliphatic carbocycles. The summed E-state index contributed by atoms with van der Waals surface area (Å²) in [6.07, 6.45) is 0. The highest BCUT2D eigenvalue weighted by molar-refractivity contribution is 5.93. The molecule has 0 saturated carbocycles. The average molecular weight is 210 g/mol. The van der Waals surface area contributed by atoms with Crippen LogP contribution in [0.5, 0.6) is 0 Å². The quantitative estimate of drug-likeness (QED) is 0.343. The number of nitrogens with zero attached hydrogens (tertiary/aromatic N) is 1. The number of hydrogen-bond acceptors (Lipinski definition) is 5. The van der Waals surface area contributed by atoms with Crippen molar-refractivity contribution in [2.75, 3.05) is 12.8 Å². The van der Waals surface area contributed by atoms with Gasteiger partial charge < -0.3 is 10.5 Å². The maximum absolute atomic E-state index is 11.2. The van der Waals surface area contributed by atoms with Crippen molar-refractivity contribution in [3.63, 3.8) is 0 Å². The Morgan fingerprint density at radius 2 is 2.13 bits per heavy atom. The number of ether oxygens (including phenoxy) is 1. The Kier molecular flexibility index (Phi) is 2.89. The monoisotopic (exact) mass is 210 g/mol. The van der Waals surface area contributed by atoms with Gasteiger partial charge in [0.2, 0.25) is 0 Å². The molecular formula is C9H10N2O4. The second-order valence-corrected chi connectivity index (χ2v) is 2.92. The standard InChI is InChI=1S/C9H10N2O4/c1-5-6(9(12)15-2)3-4-7(8(5)10)11(13)14/h3-4H,10H2,1-2H3. The Morgan fingerprint density at radius 1 is 1.53 bits per heavy atom. The van der Waals surface area contributed by atoms with E-state index in [4.69, 9.17) is 5.73 Å². The van der Waals surface area contributed by atoms with Gasteiger partial charge in [-0.1, -0.05) is 0 Å². The number of benzene rings is 1. The summed E-state index contributed by atoms with van der Waals surface area (Å²) in [6.45, 7) is 1.54. The van der Waals surface area contributed by atoms with Crippen molar-refractivity contribution >= 4 is 17.3 Å². The van der Waals surface area contributed by atoms with E-state index in [0.717, 1.165) is 0 Å². The number of carbonyl (C=O) groups is 1. The van der Waals surface area contributed by atoms with Crippen LogP contribution >= 0.6 is 0 Å². The number of nitro benzene ring substituents is 1. The van der Waals surface area contributed by atoms with E-state index in [1.54, 1.807) is 0 Å². The summed E-state index contributed by atoms with van der Waals surface area (Å²) in [5, 5.41) is 10.5. The minimum Gasteiger partial charge on any atom is -0.465 e. The van der Waals surface area contributed by atoms with Crippen LogP contribution in [0.1, 0.15) is 15.9 Å². The van der Waals surface area contributed by atoms with Gasteiger partial charge in [0.25, 0.3) is 5.69 Å². The van der Waals surface area contributed by atoms with Gasteiger partial charge in [-0.05, 0) is 18.6 Å². The molecular weight excluding hydrogens is 200 g/mol. The van der Waals surface area contributed by atoms with Crippen LogP contribution in [-0.4, -0.2) is 18.0 Å². The number of carbonyl (C=O) groups excluding carboxylic acids is 1. The van der Waals surface area contributed by atoms with Crippen LogP contribution in [0.15, 0.2) is 12.1 Å². The molecule has 0 atom stereocenters. The SMILES string of the molecule is COC(=O)c1ccc([N+](=O)[O-])c(N)c1C. The molecule has 0 bridgehead atoms. The molecule has 6 nitrogen and oxygen atoms in total. The molecule has 0 heterocycles. The van der Waals surface area contributed by atoms with E-state index in [1.807, 2.05) is 0 Å². The first-order chi connectivity index (χ1) is 6.99. The smallest absolute Gasteiger partial charge is 0.338 e. The van der Waals surface area contributed by atoms with Gasteiger partial charge >= 0.3 is 5.97 Å². The van der Waals surface area contributed by atoms with Crippen molar-refractivity contribution in [1.82, 2.24) is 0 Å². The van der Waals surface area contributed by atoms with Gasteiger partial charge in [-0.15, -0.1) is 0 Å². The molecule has 0 aliphatic rings. The highest BCUT2D eigenvalue weighted by atomic mass is 16.6. The molecule has 0 radical (unpaired) electrons. The molecule has 6 heteroatoms. The Labute approximate surface area is 85.8 Å². The summed E-state index contributed by atoms with van der Waals surface area (Å²) >= 11 is 0. The molecule has 1 rings (SSSR count). The number of anilines is 1. The van der Waals surface area contributed by atoms with E-state index >= 15 is 0 Å². The van der Waals surface area contributed by atoms with E-state index in [1.165, 1.54) is 26.2 Å². The zero-order chi connectivity index (χ0) is 11.6. The molecule has 1 aromatic carbocycles. The first kappa shape index (κ1) is 11.0. The Hall–Kier alpha value is -2.11. The minimum absolute atomic E-state index is 0.0112. The number of nitrogen functional groups attached to an aromatic ring is 1. The molecule has 80 valence electrons. The highest BCUT2D eigenvalue weighted by Crippen LogP contribution is 2.27. The van der Waals surface area contributed by atoms with Crippen LogP contribution in [0.4, 0.5) is 11.4 Å². The van der Waals surface area contributed by atoms with Crippen LogP contribution < -0.4 is 5.73 Å². The molecule has 0 fully saturated rings. The van der Waals surface area contributed by atoms with Crippen molar-refractivity contribution in [3.8, 4) is 0 Å². The van der Waals surface area contributed by atoms with Crippen molar-refractivity contribution in [3.05, 3.63) is 33.4 Å². The molecule has 0 unspecified atom stereocenters. The third-order valence-corrected chi connectivity index (χ3v) is 2.09. The molecule has 0 saturated heterocycles. The van der Waals surface area contributed by atoms with E-state index in [9.17, 15) is 14.9 Å². The molecule has 15 heavy (non-hydrogen) atoms. The largest absolute Gasteiger partial charge is 0.465 e. The summed E-state index contributed by atoms with van der Waals surface area (Å²) in [7, 11) is 1.24. The fourth-order valence-electron chi connectivity index (χ4n) is 1.20. The van der Waals surface area contributed by atoms with E-state index in [-0.39, 0.29) is 16.9 Å². The van der Waals surface area contributed by atoms with Crippen LogP contribution in [0.2, 0.25) is 0 Å². The maximum atomic E-state index is 11.2. The first-order valence-corrected chi connectivity index (χ1v) is 4.10. The van der Waals surface area contributed by atoms with Crippen LogP contribution in [-0.2, 0) is 4.74 Å². The summed E-state index contributed by atoms with van der Waals surface area (Å²) in [5.74, 6) is -0.561. The van der Waals surface area contributed by atoms with Crippen LogP contribution in [0.25, 0.3) is 0 Å². The molecule has 0 aromatic heterocycles. The second-order valence-electron chi connectivity index (χ2n) is 2.92. The van der Waals surface area contributed by atoms with E-state index < -0.39 is 10.9 Å². The number of methoxy groups -OCH3 is 1. The number of esters is 1. The van der Waals surface area contributed by atoms with Gasteiger partial charge in [-0.25, -0.2) is 4.79 Å². The lowest BCUT2D eigenvalue weighted by molar-refractivity contribution is -0.383. The number of hydrogen-bond donors (Lipinski definition) is 1. The summed E-state index contributed by atoms with van der Waals surface area (Å²) in [6, 6.07) is 2.52. The number of nitro groups is 1. The van der Waals surface area contributed by atoms with Gasteiger partial charge in [-0.3, -0.25) is 10.1 Å². The predicted molar refractivity (Wildman–Crippen MR) is 53.6 cm³/mol. The fourth-order valence-corrected chi connectivity index (χ4v) is 1.20. The van der Waals surface area contributed by atoms with Crippen molar-refractivity contribution in [2.24, 2.45) is 0 Å². The van der Waals surface area contributed by atoms with Crippen LogP contribution in [0.3, 0.4) is 0 Å². The predicted octanol–water partition coefficient (Wildman–Crippen LogP) is 1.27. The average Bonchev–Trinajstić information content (AvgIpc) is 2.20. The van der Waals surface area contributed by atoms with Crippen LogP contribution in [0, 0.1) is 17.0 Å². The number of rotatable bonds is 2. The molecule has 0 aliphatic heterocycles. The lowest BCUT2D eigenvalue weighted by Gasteiger charge is -2.06. The maximum Gasteiger partial charge on any atom is 0.338 e. The van der Waals surface area contributed by atoms with Crippen molar-refractivity contribution in [2.45, 2.75) is 6.92 Å². The third kappa shape index (κ3) is 1.88. The first-order valence-electron chi connectivity index (χ1n) is 4.10. The number of nitrogens with two attached hydrogens (primary N) is 1. The molecule has 0 spiro atoms. The second kappa shape index (κ2) is 3.95. The molecule has 0 amide bonds. The summed E-state index contributed by atoms with van der Waals surface area (Å²) in [5.41, 5.74) is 5.90. The van der Waals surface area contributed by atoms with Crippen molar-refractivity contribution < 1.29 is 14.5 Å². The fraction of sp³-hybridized carbons (Fsp3) is 0.222. The van der Waals surface area contributed by atoms with Gasteiger partial charge in [0.05, 0.1) is 17.6 Å². The molecule has 1 aromatic rings. The van der Waals surface area contributed by atoms with Gasteiger partial charge in [0.1, 0.15) is 5.69 Å². The van der Waals surface area contributed by atoms with Crippen molar-refractivity contribution in [1.29, 1.82) is 0 Å². The summed E-state index contributed by atoms with van der Waals surface area (Å²) < 4.78 is 4.51. The van der Waals surface area contributed by atoms with Gasteiger partial charge in [0, 0.05) is 6.07 Å². The lowest BCUT2D eigenvalue weighted by atomic mass is 10.1. The third-order valence-electron chi connectivity index (χ3n) is 2.09. The van der Waals surface area contributed by atoms with E-state index in [2.05, 4.69) is 4.74 Å². The zero-order valence-electron chi connectivity index (χ0n) is 8.31. The topological polar surface area (TPSA) is 95.5 Å².